The molecule has 1 atom stereocenters. The highest BCUT2D eigenvalue weighted by Gasteiger charge is 2.18. The molecule has 0 bridgehead atoms. The highest BCUT2D eigenvalue weighted by atomic mass is 19.1. The van der Waals surface area contributed by atoms with Gasteiger partial charge in [0.2, 0.25) is 0 Å². The molecule has 0 amide bonds. The van der Waals surface area contributed by atoms with Crippen molar-refractivity contribution in [2.75, 3.05) is 18.5 Å². The largest absolute Gasteiger partial charge is 0.366 e. The molecule has 20 heavy (non-hydrogen) atoms. The van der Waals surface area contributed by atoms with Gasteiger partial charge in [0.1, 0.15) is 5.82 Å². The summed E-state index contributed by atoms with van der Waals surface area (Å²) < 4.78 is 13.2. The van der Waals surface area contributed by atoms with Crippen LogP contribution in [0.1, 0.15) is 22.7 Å². The molecule has 1 unspecified atom stereocenters. The molecular weight excluding hydrogens is 251 g/mol. The van der Waals surface area contributed by atoms with Gasteiger partial charge >= 0.3 is 0 Å². The molecule has 2 aromatic carbocycles. The number of hydrogen-bond acceptors (Lipinski definition) is 2. The number of nitrogens with two attached hydrogens (primary N) is 1. The predicted octanol–water partition coefficient (Wildman–Crippen LogP) is 3.58. The van der Waals surface area contributed by atoms with E-state index in [0.29, 0.717) is 6.54 Å². The Labute approximate surface area is 120 Å². The minimum absolute atomic E-state index is 0.0401. The summed E-state index contributed by atoms with van der Waals surface area (Å²) in [6, 6.07) is 13.2. The second-order valence-corrected chi connectivity index (χ2v) is 5.20. The lowest BCUT2D eigenvalue weighted by molar-refractivity contribution is 0.620. The summed E-state index contributed by atoms with van der Waals surface area (Å²) in [5, 5.41) is 0. The Morgan fingerprint density at radius 3 is 2.30 bits per heavy atom. The Morgan fingerprint density at radius 1 is 1.10 bits per heavy atom. The van der Waals surface area contributed by atoms with Crippen molar-refractivity contribution in [3.8, 4) is 0 Å². The third kappa shape index (κ3) is 2.99. The molecule has 0 saturated carbocycles. The Bertz CT molecular complexity index is 578. The second-order valence-electron chi connectivity index (χ2n) is 5.20. The van der Waals surface area contributed by atoms with Crippen LogP contribution in [0.3, 0.4) is 0 Å². The van der Waals surface area contributed by atoms with E-state index in [4.69, 9.17) is 5.73 Å². The van der Waals surface area contributed by atoms with Gasteiger partial charge in [-0.3, -0.25) is 0 Å². The molecule has 0 aliphatic rings. The SMILES string of the molecule is Cc1ccc(N(C)C(CN)c2ccc(F)cc2C)cc1. The van der Waals surface area contributed by atoms with Crippen LogP contribution in [-0.2, 0) is 0 Å². The van der Waals surface area contributed by atoms with E-state index in [1.165, 1.54) is 11.6 Å². The van der Waals surface area contributed by atoms with Gasteiger partial charge in [-0.25, -0.2) is 4.39 Å². The molecule has 0 aliphatic heterocycles. The maximum Gasteiger partial charge on any atom is 0.123 e. The molecule has 2 N–H and O–H groups in total. The van der Waals surface area contributed by atoms with E-state index < -0.39 is 0 Å². The summed E-state index contributed by atoms with van der Waals surface area (Å²) >= 11 is 0. The Kier molecular flexibility index (Phi) is 4.40. The maximum absolute atomic E-state index is 13.2. The first-order valence-corrected chi connectivity index (χ1v) is 6.78. The third-order valence-corrected chi connectivity index (χ3v) is 3.72. The Hall–Kier alpha value is -1.87. The first-order chi connectivity index (χ1) is 9.52. The van der Waals surface area contributed by atoms with Crippen LogP contribution >= 0.6 is 0 Å². The summed E-state index contributed by atoms with van der Waals surface area (Å²) in [4.78, 5) is 2.14. The van der Waals surface area contributed by atoms with Crippen LogP contribution in [0, 0.1) is 19.7 Å². The van der Waals surface area contributed by atoms with E-state index in [-0.39, 0.29) is 11.9 Å². The Balaban J connectivity index is 2.33. The zero-order valence-corrected chi connectivity index (χ0v) is 12.2. The van der Waals surface area contributed by atoms with Gasteiger partial charge in [-0.2, -0.15) is 0 Å². The van der Waals surface area contributed by atoms with E-state index in [1.807, 2.05) is 20.0 Å². The molecular formula is C17H21FN2. The van der Waals surface area contributed by atoms with Crippen LogP contribution in [0.25, 0.3) is 0 Å². The summed E-state index contributed by atoms with van der Waals surface area (Å²) in [6.07, 6.45) is 0. The molecule has 0 heterocycles. The minimum atomic E-state index is -0.208. The Morgan fingerprint density at radius 2 is 1.75 bits per heavy atom. The number of rotatable bonds is 4. The predicted molar refractivity (Wildman–Crippen MR) is 82.5 cm³/mol. The van der Waals surface area contributed by atoms with Gasteiger partial charge in [0.25, 0.3) is 0 Å². The molecule has 0 aromatic heterocycles. The minimum Gasteiger partial charge on any atom is -0.366 e. The zero-order valence-electron chi connectivity index (χ0n) is 12.2. The van der Waals surface area contributed by atoms with E-state index in [1.54, 1.807) is 6.07 Å². The van der Waals surface area contributed by atoms with Crippen LogP contribution in [0.5, 0.6) is 0 Å². The molecule has 0 aliphatic carbocycles. The second kappa shape index (κ2) is 6.06. The monoisotopic (exact) mass is 272 g/mol. The molecule has 0 saturated heterocycles. The van der Waals surface area contributed by atoms with E-state index >= 15 is 0 Å². The van der Waals surface area contributed by atoms with Crippen molar-refractivity contribution in [1.82, 2.24) is 0 Å². The first kappa shape index (κ1) is 14.5. The lowest BCUT2D eigenvalue weighted by Gasteiger charge is -2.30. The summed E-state index contributed by atoms with van der Waals surface area (Å²) in [6.45, 7) is 4.47. The average Bonchev–Trinajstić information content (AvgIpc) is 2.42. The molecule has 0 fully saturated rings. The van der Waals surface area contributed by atoms with Crippen molar-refractivity contribution in [2.24, 2.45) is 5.73 Å². The van der Waals surface area contributed by atoms with Crippen molar-refractivity contribution < 1.29 is 4.39 Å². The van der Waals surface area contributed by atoms with Gasteiger partial charge < -0.3 is 10.6 Å². The number of halogens is 1. The van der Waals surface area contributed by atoms with Crippen LogP contribution in [0.2, 0.25) is 0 Å². The summed E-state index contributed by atoms with van der Waals surface area (Å²) in [5.74, 6) is -0.208. The van der Waals surface area contributed by atoms with Crippen molar-refractivity contribution >= 4 is 5.69 Å². The number of aryl methyl sites for hydroxylation is 2. The quantitative estimate of drug-likeness (QED) is 0.921. The maximum atomic E-state index is 13.2. The van der Waals surface area contributed by atoms with Crippen LogP contribution in [0.4, 0.5) is 10.1 Å². The summed E-state index contributed by atoms with van der Waals surface area (Å²) in [5.41, 5.74) is 10.3. The van der Waals surface area contributed by atoms with Gasteiger partial charge in [-0.05, 0) is 49.2 Å². The highest BCUT2D eigenvalue weighted by molar-refractivity contribution is 5.50. The number of nitrogens with zero attached hydrogens (tertiary/aromatic N) is 1. The zero-order chi connectivity index (χ0) is 14.7. The third-order valence-electron chi connectivity index (χ3n) is 3.72. The van der Waals surface area contributed by atoms with Gasteiger partial charge in [-0.1, -0.05) is 23.8 Å². The van der Waals surface area contributed by atoms with E-state index in [2.05, 4.69) is 36.1 Å². The van der Waals surface area contributed by atoms with Crippen molar-refractivity contribution in [2.45, 2.75) is 19.9 Å². The van der Waals surface area contributed by atoms with Crippen LogP contribution in [0.15, 0.2) is 42.5 Å². The van der Waals surface area contributed by atoms with Crippen molar-refractivity contribution in [1.29, 1.82) is 0 Å². The van der Waals surface area contributed by atoms with Crippen LogP contribution in [-0.4, -0.2) is 13.6 Å². The highest BCUT2D eigenvalue weighted by Crippen LogP contribution is 2.27. The number of anilines is 1. The fourth-order valence-electron chi connectivity index (χ4n) is 2.47. The lowest BCUT2D eigenvalue weighted by Crippen LogP contribution is -2.31. The average molecular weight is 272 g/mol. The number of hydrogen-bond donors (Lipinski definition) is 1. The first-order valence-electron chi connectivity index (χ1n) is 6.78. The summed E-state index contributed by atoms with van der Waals surface area (Å²) in [7, 11) is 2.02. The number of likely N-dealkylation sites (N-methyl/N-ethyl adjacent to an activating group) is 1. The normalized spacial score (nSPS) is 12.2. The number of benzene rings is 2. The van der Waals surface area contributed by atoms with Gasteiger partial charge in [0.05, 0.1) is 6.04 Å². The molecule has 0 radical (unpaired) electrons. The molecule has 2 nitrogen and oxygen atoms in total. The van der Waals surface area contributed by atoms with Crippen LogP contribution < -0.4 is 10.6 Å². The topological polar surface area (TPSA) is 29.3 Å². The van der Waals surface area contributed by atoms with Gasteiger partial charge in [-0.15, -0.1) is 0 Å². The fourth-order valence-corrected chi connectivity index (χ4v) is 2.47. The lowest BCUT2D eigenvalue weighted by atomic mass is 9.99. The van der Waals surface area contributed by atoms with Gasteiger partial charge in [0, 0.05) is 19.3 Å². The molecule has 2 rings (SSSR count). The molecule has 2 aromatic rings. The fraction of sp³-hybridized carbons (Fsp3) is 0.294. The molecule has 106 valence electrons. The standard InChI is InChI=1S/C17H21FN2/c1-12-4-7-15(8-5-12)20(3)17(11-19)16-9-6-14(18)10-13(16)2/h4-10,17H,11,19H2,1-3H3. The van der Waals surface area contributed by atoms with Crippen molar-refractivity contribution in [3.63, 3.8) is 0 Å². The smallest absolute Gasteiger partial charge is 0.123 e. The van der Waals surface area contributed by atoms with Gasteiger partial charge in [0.15, 0.2) is 0 Å². The van der Waals surface area contributed by atoms with E-state index in [0.717, 1.165) is 16.8 Å². The molecule has 3 heteroatoms. The van der Waals surface area contributed by atoms with Crippen molar-refractivity contribution in [3.05, 3.63) is 65.0 Å². The molecule has 0 spiro atoms. The van der Waals surface area contributed by atoms with E-state index in [9.17, 15) is 4.39 Å².